The maximum absolute atomic E-state index is 14.6. The normalized spacial score (nSPS) is 28.3. The molecule has 21 heteroatoms. The van der Waals surface area contributed by atoms with Crippen molar-refractivity contribution in [1.29, 1.82) is 0 Å². The largest absolute Gasteiger partial charge is 0.490 e. The van der Waals surface area contributed by atoms with E-state index in [-0.39, 0.29) is 11.5 Å². The summed E-state index contributed by atoms with van der Waals surface area (Å²) in [5.74, 6) is 3.66. The number of rotatable bonds is 8. The molecule has 7 N–H and O–H groups in total. The molecule has 206 valence electrons. The van der Waals surface area contributed by atoms with Gasteiger partial charge in [0.15, 0.2) is 23.3 Å². The molecule has 3 unspecified atom stereocenters. The van der Waals surface area contributed by atoms with Gasteiger partial charge in [-0.2, -0.15) is 8.62 Å². The molecule has 17 nitrogen and oxygen atoms in total. The molecule has 0 aromatic carbocycles. The minimum absolute atomic E-state index is 0.0677. The average molecular weight is 591 g/mol. The van der Waals surface area contributed by atoms with Crippen LogP contribution in [-0.4, -0.2) is 68.2 Å². The van der Waals surface area contributed by atoms with E-state index in [0.29, 0.717) is 0 Å². The predicted octanol–water partition coefficient (Wildman–Crippen LogP) is -0.0834. The van der Waals surface area contributed by atoms with Crippen LogP contribution in [0.15, 0.2) is 11.0 Å². The fourth-order valence-corrected chi connectivity index (χ4v) is 6.87. The molecular formula is C16H21FN3O14P3. The molecule has 0 aliphatic carbocycles. The number of aryl methyl sites for hydroxylation is 1. The Morgan fingerprint density at radius 3 is 2.43 bits per heavy atom. The third-order valence-corrected chi connectivity index (χ3v) is 8.86. The third-order valence-electron chi connectivity index (χ3n) is 4.94. The van der Waals surface area contributed by atoms with E-state index in [2.05, 4.69) is 35.0 Å². The minimum atomic E-state index is -5.83. The number of nitrogens with one attached hydrogen (secondary N) is 1. The molecule has 0 radical (unpaired) electrons. The van der Waals surface area contributed by atoms with Gasteiger partial charge < -0.3 is 39.5 Å². The van der Waals surface area contributed by atoms with Crippen LogP contribution in [0.4, 0.5) is 4.39 Å². The lowest BCUT2D eigenvalue weighted by molar-refractivity contribution is -0.0831. The van der Waals surface area contributed by atoms with Crippen molar-refractivity contribution in [3.05, 3.63) is 28.2 Å². The number of H-pyrrole nitrogens is 1. The summed E-state index contributed by atoms with van der Waals surface area (Å²) in [5, 5.41) is 21.5. The molecule has 1 saturated heterocycles. The molecule has 0 saturated carbocycles. The molecule has 37 heavy (non-hydrogen) atoms. The summed E-state index contributed by atoms with van der Waals surface area (Å²) in [5.41, 5.74) is -3.68. The standard InChI is InChI=1S/C16H21FN3O14P3/c1-4-5-16(23)12(21)11(7(2)32-36(27,28)34-37(29,30)33-35(24,25)26)31-15(16)20-6-9(17)10-13(20)18-8(3)19-14(10)22/h6-7,11-12,15,21,23H,1-3H3,(H,27,28)(H,29,30)(H,18,19,22)(H2,24,25,26)/t7-,11-,12+,15-,16?/m1/s1. The number of hydrogen-bond acceptors (Lipinski definition) is 11. The van der Waals surface area contributed by atoms with Gasteiger partial charge in [0.1, 0.15) is 23.4 Å². The predicted molar refractivity (Wildman–Crippen MR) is 118 cm³/mol. The number of aromatic nitrogens is 3. The van der Waals surface area contributed by atoms with Crippen molar-refractivity contribution in [2.24, 2.45) is 0 Å². The summed E-state index contributed by atoms with van der Waals surface area (Å²) in [4.78, 5) is 54.9. The van der Waals surface area contributed by atoms with E-state index in [1.54, 1.807) is 0 Å². The number of halogens is 1. The van der Waals surface area contributed by atoms with E-state index in [9.17, 15) is 42.9 Å². The zero-order valence-corrected chi connectivity index (χ0v) is 21.6. The molecule has 1 fully saturated rings. The van der Waals surface area contributed by atoms with Crippen LogP contribution >= 0.6 is 23.5 Å². The van der Waals surface area contributed by atoms with Crippen molar-refractivity contribution in [2.75, 3.05) is 0 Å². The third kappa shape index (κ3) is 6.27. The maximum atomic E-state index is 14.6. The highest BCUT2D eigenvalue weighted by atomic mass is 31.3. The number of phosphoric acid groups is 3. The Morgan fingerprint density at radius 2 is 1.86 bits per heavy atom. The first-order valence-corrected chi connectivity index (χ1v) is 14.4. The molecule has 1 aliphatic rings. The second-order valence-corrected chi connectivity index (χ2v) is 12.1. The molecule has 7 atom stereocenters. The van der Waals surface area contributed by atoms with Crippen molar-refractivity contribution in [2.45, 2.75) is 50.9 Å². The fraction of sp³-hybridized carbons (Fsp3) is 0.500. The van der Waals surface area contributed by atoms with E-state index in [0.717, 1.165) is 17.7 Å². The Labute approximate surface area is 206 Å². The Morgan fingerprint density at radius 1 is 1.24 bits per heavy atom. The van der Waals surface area contributed by atoms with E-state index in [1.807, 2.05) is 0 Å². The van der Waals surface area contributed by atoms with Crippen molar-refractivity contribution in [3.8, 4) is 11.8 Å². The maximum Gasteiger partial charge on any atom is 0.490 e. The lowest BCUT2D eigenvalue weighted by Crippen LogP contribution is -2.47. The summed E-state index contributed by atoms with van der Waals surface area (Å²) in [6, 6.07) is 0. The van der Waals surface area contributed by atoms with Gasteiger partial charge in [-0.3, -0.25) is 13.9 Å². The Hall–Kier alpha value is -1.80. The number of hydrogen-bond donors (Lipinski definition) is 7. The van der Waals surface area contributed by atoms with Crippen molar-refractivity contribution in [3.63, 3.8) is 0 Å². The van der Waals surface area contributed by atoms with E-state index < -0.39 is 70.4 Å². The van der Waals surface area contributed by atoms with Crippen LogP contribution in [-0.2, 0) is 31.6 Å². The zero-order valence-electron chi connectivity index (χ0n) is 19.0. The first kappa shape index (κ1) is 29.8. The quantitative estimate of drug-likeness (QED) is 0.156. The SMILES string of the molecule is CC#CC1(O)[C@@H](O)[C@@H]([C@@H](C)OP(=O)(O)OP(=O)(O)OP(=O)(O)O)O[C@H]1n1cc(F)c2c(=O)[nH]c(C)nc21. The van der Waals surface area contributed by atoms with Crippen LogP contribution in [0.2, 0.25) is 0 Å². The summed E-state index contributed by atoms with van der Waals surface area (Å²) in [7, 11) is -17.1. The number of ether oxygens (including phenoxy) is 1. The topological polar surface area (TPSA) is 260 Å². The van der Waals surface area contributed by atoms with Crippen LogP contribution < -0.4 is 5.56 Å². The molecule has 1 aliphatic heterocycles. The van der Waals surface area contributed by atoms with Gasteiger partial charge in [-0.25, -0.2) is 23.1 Å². The van der Waals surface area contributed by atoms with Gasteiger partial charge in [-0.05, 0) is 20.8 Å². The van der Waals surface area contributed by atoms with Crippen LogP contribution in [0.25, 0.3) is 11.0 Å². The van der Waals surface area contributed by atoms with Gasteiger partial charge in [0.05, 0.1) is 6.10 Å². The number of fused-ring (bicyclic) bond motifs is 1. The highest BCUT2D eigenvalue weighted by Crippen LogP contribution is 2.66. The second kappa shape index (κ2) is 10.1. The molecule has 2 aromatic heterocycles. The highest BCUT2D eigenvalue weighted by Gasteiger charge is 2.58. The van der Waals surface area contributed by atoms with Crippen molar-refractivity contribution >= 4 is 34.5 Å². The van der Waals surface area contributed by atoms with E-state index in [4.69, 9.17) is 14.5 Å². The summed E-state index contributed by atoms with van der Waals surface area (Å²) in [6.45, 7) is 3.67. The van der Waals surface area contributed by atoms with Gasteiger partial charge in [-0.15, -0.1) is 5.92 Å². The van der Waals surface area contributed by atoms with Gasteiger partial charge in [0.25, 0.3) is 5.56 Å². The summed E-state index contributed by atoms with van der Waals surface area (Å²) in [6.07, 6.45) is -6.59. The van der Waals surface area contributed by atoms with Crippen LogP contribution in [0.1, 0.15) is 25.9 Å². The first-order valence-electron chi connectivity index (χ1n) is 9.89. The minimum Gasteiger partial charge on any atom is -0.386 e. The molecule has 0 spiro atoms. The summed E-state index contributed by atoms with van der Waals surface area (Å²) < 4.78 is 67.5. The van der Waals surface area contributed by atoms with Crippen LogP contribution in [0.5, 0.6) is 0 Å². The fourth-order valence-electron chi connectivity index (χ4n) is 3.67. The van der Waals surface area contributed by atoms with Crippen LogP contribution in [0, 0.1) is 24.6 Å². The second-order valence-electron chi connectivity index (χ2n) is 7.73. The molecule has 2 aromatic rings. The number of phosphoric ester groups is 1. The highest BCUT2D eigenvalue weighted by molar-refractivity contribution is 7.66. The Kier molecular flexibility index (Phi) is 8.09. The lowest BCUT2D eigenvalue weighted by atomic mass is 9.93. The van der Waals surface area contributed by atoms with E-state index in [1.165, 1.54) is 13.8 Å². The first-order chi connectivity index (χ1) is 16.8. The van der Waals surface area contributed by atoms with Gasteiger partial charge in [0.2, 0.25) is 0 Å². The van der Waals surface area contributed by atoms with Crippen LogP contribution in [0.3, 0.4) is 0 Å². The van der Waals surface area contributed by atoms with Gasteiger partial charge >= 0.3 is 23.5 Å². The summed E-state index contributed by atoms with van der Waals surface area (Å²) >= 11 is 0. The van der Waals surface area contributed by atoms with E-state index >= 15 is 0 Å². The molecule has 0 amide bonds. The number of aliphatic hydroxyl groups is 2. The Balaban J connectivity index is 1.96. The van der Waals surface area contributed by atoms with Crippen molar-refractivity contribution < 1.29 is 65.8 Å². The smallest absolute Gasteiger partial charge is 0.386 e. The molecule has 0 bridgehead atoms. The Bertz CT molecular complexity index is 1480. The average Bonchev–Trinajstić information content (AvgIpc) is 3.13. The lowest BCUT2D eigenvalue weighted by Gasteiger charge is -2.27. The molecular weight excluding hydrogens is 570 g/mol. The number of aromatic amines is 1. The molecule has 3 rings (SSSR count). The number of nitrogens with zero attached hydrogens (tertiary/aromatic N) is 2. The van der Waals surface area contributed by atoms with Gasteiger partial charge in [0, 0.05) is 6.20 Å². The molecule has 3 heterocycles. The number of aliphatic hydroxyl groups excluding tert-OH is 1. The van der Waals surface area contributed by atoms with Gasteiger partial charge in [-0.1, -0.05) is 5.92 Å². The monoisotopic (exact) mass is 591 g/mol. The zero-order chi connectivity index (χ0) is 28.1. The van der Waals surface area contributed by atoms with Crippen molar-refractivity contribution in [1.82, 2.24) is 14.5 Å².